The van der Waals surface area contributed by atoms with Gasteiger partial charge in [0.2, 0.25) is 0 Å². The first-order valence-corrected chi connectivity index (χ1v) is 6.61. The number of ether oxygens (including phenoxy) is 1. The molecule has 1 aliphatic rings. The van der Waals surface area contributed by atoms with Crippen molar-refractivity contribution >= 4 is 12.4 Å². The molecule has 5 heteroatoms. The second-order valence-corrected chi connectivity index (χ2v) is 4.70. The highest BCUT2D eigenvalue weighted by Gasteiger charge is 2.23. The highest BCUT2D eigenvalue weighted by atomic mass is 35.5. The number of aliphatic hydroxyl groups excluding tert-OH is 1. The van der Waals surface area contributed by atoms with E-state index in [2.05, 4.69) is 22.8 Å². The van der Waals surface area contributed by atoms with Crippen LogP contribution in [0.1, 0.15) is 12.5 Å². The molecule has 108 valence electrons. The highest BCUT2D eigenvalue weighted by Crippen LogP contribution is 2.13. The largest absolute Gasteiger partial charge is 0.494 e. The van der Waals surface area contributed by atoms with Crippen molar-refractivity contribution in [3.8, 4) is 5.75 Å². The van der Waals surface area contributed by atoms with Gasteiger partial charge in [-0.25, -0.2) is 0 Å². The Bertz CT molecular complexity index is 376. The Morgan fingerprint density at radius 2 is 2.26 bits per heavy atom. The zero-order chi connectivity index (χ0) is 12.8. The molecule has 0 amide bonds. The molecule has 1 heterocycles. The fourth-order valence-corrected chi connectivity index (χ4v) is 2.24. The topological polar surface area (TPSA) is 53.5 Å². The van der Waals surface area contributed by atoms with Crippen LogP contribution in [0.15, 0.2) is 24.3 Å². The summed E-state index contributed by atoms with van der Waals surface area (Å²) >= 11 is 0. The lowest BCUT2D eigenvalue weighted by Crippen LogP contribution is -2.30. The van der Waals surface area contributed by atoms with E-state index in [0.717, 1.165) is 25.4 Å². The van der Waals surface area contributed by atoms with Gasteiger partial charge in [-0.15, -0.1) is 12.4 Å². The van der Waals surface area contributed by atoms with Crippen LogP contribution in [0.25, 0.3) is 0 Å². The van der Waals surface area contributed by atoms with Crippen LogP contribution < -0.4 is 15.4 Å². The summed E-state index contributed by atoms with van der Waals surface area (Å²) in [5.74, 6) is 1.24. The number of benzene rings is 1. The fourth-order valence-electron chi connectivity index (χ4n) is 2.24. The average Bonchev–Trinajstić information content (AvgIpc) is 2.76. The zero-order valence-electron chi connectivity index (χ0n) is 11.3. The van der Waals surface area contributed by atoms with Gasteiger partial charge in [0.1, 0.15) is 5.75 Å². The summed E-state index contributed by atoms with van der Waals surface area (Å²) in [6.45, 7) is 5.94. The number of nitrogens with one attached hydrogen (secondary N) is 2. The molecule has 0 aliphatic carbocycles. The Hall–Kier alpha value is -0.810. The first-order valence-electron chi connectivity index (χ1n) is 6.61. The van der Waals surface area contributed by atoms with E-state index in [0.29, 0.717) is 19.1 Å². The van der Waals surface area contributed by atoms with Crippen molar-refractivity contribution in [2.24, 2.45) is 5.92 Å². The fraction of sp³-hybridized carbons (Fsp3) is 0.571. The summed E-state index contributed by atoms with van der Waals surface area (Å²) in [5, 5.41) is 16.3. The molecule has 1 aromatic carbocycles. The third-order valence-electron chi connectivity index (χ3n) is 3.25. The maximum Gasteiger partial charge on any atom is 0.119 e. The van der Waals surface area contributed by atoms with Crippen molar-refractivity contribution in [2.45, 2.75) is 19.6 Å². The van der Waals surface area contributed by atoms with Crippen LogP contribution in [0.3, 0.4) is 0 Å². The molecular weight excluding hydrogens is 264 g/mol. The lowest BCUT2D eigenvalue weighted by atomic mass is 10.1. The van der Waals surface area contributed by atoms with E-state index in [1.54, 1.807) is 0 Å². The molecule has 1 aromatic rings. The maximum atomic E-state index is 9.68. The van der Waals surface area contributed by atoms with E-state index in [9.17, 15) is 5.11 Å². The van der Waals surface area contributed by atoms with Crippen LogP contribution in [0.4, 0.5) is 0 Å². The van der Waals surface area contributed by atoms with Gasteiger partial charge in [-0.2, -0.15) is 0 Å². The van der Waals surface area contributed by atoms with Gasteiger partial charge in [0.05, 0.1) is 12.7 Å². The van der Waals surface area contributed by atoms with Crippen molar-refractivity contribution in [1.82, 2.24) is 10.6 Å². The molecule has 0 bridgehead atoms. The molecule has 2 rings (SSSR count). The molecule has 1 fully saturated rings. The van der Waals surface area contributed by atoms with Crippen molar-refractivity contribution < 1.29 is 9.84 Å². The Balaban J connectivity index is 0.00000180. The van der Waals surface area contributed by atoms with Crippen molar-refractivity contribution in [1.29, 1.82) is 0 Å². The smallest absolute Gasteiger partial charge is 0.119 e. The van der Waals surface area contributed by atoms with Crippen molar-refractivity contribution in [3.63, 3.8) is 0 Å². The quantitative estimate of drug-likeness (QED) is 0.735. The molecule has 2 atom stereocenters. The van der Waals surface area contributed by atoms with E-state index in [-0.39, 0.29) is 18.5 Å². The summed E-state index contributed by atoms with van der Waals surface area (Å²) in [4.78, 5) is 0. The molecule has 0 saturated carbocycles. The lowest BCUT2D eigenvalue weighted by molar-refractivity contribution is 0.146. The third-order valence-corrected chi connectivity index (χ3v) is 3.25. The number of aliphatic hydroxyl groups is 1. The molecule has 4 nitrogen and oxygen atoms in total. The molecule has 1 aliphatic heterocycles. The summed E-state index contributed by atoms with van der Waals surface area (Å²) < 4.78 is 5.47. The molecule has 3 N–H and O–H groups in total. The standard InChI is InChI=1S/C14H22N2O2.ClH/c1-2-18-13-5-3-4-11(6-13)7-15-8-12-9-16-10-14(12)17;/h3-6,12,14-17H,2,7-10H2,1H3;1H. The van der Waals surface area contributed by atoms with Gasteiger partial charge in [0, 0.05) is 32.1 Å². The Labute approximate surface area is 121 Å². The molecule has 1 saturated heterocycles. The Morgan fingerprint density at radius 3 is 2.95 bits per heavy atom. The minimum atomic E-state index is -0.216. The minimum absolute atomic E-state index is 0. The zero-order valence-corrected chi connectivity index (χ0v) is 12.1. The summed E-state index contributed by atoms with van der Waals surface area (Å²) in [6, 6.07) is 8.12. The van der Waals surface area contributed by atoms with E-state index in [4.69, 9.17) is 4.74 Å². The number of β-amino-alcohol motifs (C(OH)–C–C–N with tert-alkyl or cyclic N) is 1. The minimum Gasteiger partial charge on any atom is -0.494 e. The lowest BCUT2D eigenvalue weighted by Gasteiger charge is -2.14. The Kier molecular flexibility index (Phi) is 7.16. The Morgan fingerprint density at radius 1 is 1.42 bits per heavy atom. The van der Waals surface area contributed by atoms with Gasteiger partial charge in [0.15, 0.2) is 0 Å². The first-order chi connectivity index (χ1) is 8.79. The normalized spacial score (nSPS) is 22.0. The van der Waals surface area contributed by atoms with E-state index >= 15 is 0 Å². The predicted octanol–water partition coefficient (Wildman–Crippen LogP) is 1.18. The molecule has 0 aromatic heterocycles. The predicted molar refractivity (Wildman–Crippen MR) is 78.9 cm³/mol. The van der Waals surface area contributed by atoms with Crippen molar-refractivity contribution in [3.05, 3.63) is 29.8 Å². The van der Waals surface area contributed by atoms with Gasteiger partial charge in [-0.1, -0.05) is 12.1 Å². The summed E-state index contributed by atoms with van der Waals surface area (Å²) in [5.41, 5.74) is 1.21. The monoisotopic (exact) mass is 286 g/mol. The van der Waals surface area contributed by atoms with Crippen LogP contribution in [0, 0.1) is 5.92 Å². The summed E-state index contributed by atoms with van der Waals surface area (Å²) in [6.07, 6.45) is -0.216. The molecule has 0 radical (unpaired) electrons. The van der Waals surface area contributed by atoms with Crippen LogP contribution in [0.2, 0.25) is 0 Å². The second-order valence-electron chi connectivity index (χ2n) is 4.70. The molecule has 0 spiro atoms. The van der Waals surface area contributed by atoms with E-state index in [1.807, 2.05) is 19.1 Å². The number of hydrogen-bond donors (Lipinski definition) is 3. The van der Waals surface area contributed by atoms with Crippen LogP contribution in [0.5, 0.6) is 5.75 Å². The van der Waals surface area contributed by atoms with Gasteiger partial charge < -0.3 is 20.5 Å². The molecule has 2 unspecified atom stereocenters. The van der Waals surface area contributed by atoms with Crippen LogP contribution >= 0.6 is 12.4 Å². The van der Waals surface area contributed by atoms with E-state index < -0.39 is 0 Å². The highest BCUT2D eigenvalue weighted by molar-refractivity contribution is 5.85. The number of rotatable bonds is 6. The third kappa shape index (κ3) is 4.99. The van der Waals surface area contributed by atoms with Gasteiger partial charge in [-0.05, 0) is 24.6 Å². The van der Waals surface area contributed by atoms with Gasteiger partial charge >= 0.3 is 0 Å². The second kappa shape index (κ2) is 8.38. The maximum absolute atomic E-state index is 9.68. The van der Waals surface area contributed by atoms with Gasteiger partial charge in [0.25, 0.3) is 0 Å². The first kappa shape index (κ1) is 16.2. The molecular formula is C14H23ClN2O2. The van der Waals surface area contributed by atoms with Crippen LogP contribution in [-0.2, 0) is 6.54 Å². The number of hydrogen-bond acceptors (Lipinski definition) is 4. The van der Waals surface area contributed by atoms with E-state index in [1.165, 1.54) is 5.56 Å². The average molecular weight is 287 g/mol. The van der Waals surface area contributed by atoms with Crippen LogP contribution in [-0.4, -0.2) is 37.5 Å². The van der Waals surface area contributed by atoms with Gasteiger partial charge in [-0.3, -0.25) is 0 Å². The summed E-state index contributed by atoms with van der Waals surface area (Å²) in [7, 11) is 0. The van der Waals surface area contributed by atoms with Crippen molar-refractivity contribution in [2.75, 3.05) is 26.2 Å². The SMILES string of the molecule is CCOc1cccc(CNCC2CNCC2O)c1.Cl. The molecule has 19 heavy (non-hydrogen) atoms. The number of halogens is 1.